The number of hydrogen-bond donors (Lipinski definition) is 2. The normalized spacial score (nSPS) is 13.5. The maximum atomic E-state index is 12.3. The zero-order chi connectivity index (χ0) is 18.2. The lowest BCUT2D eigenvalue weighted by Crippen LogP contribution is -2.32. The topological polar surface area (TPSA) is 120 Å². The van der Waals surface area contributed by atoms with E-state index in [9.17, 15) is 19.3 Å². The first-order chi connectivity index (χ1) is 11.3. The molecule has 136 valence electrons. The molecule has 0 saturated heterocycles. The van der Waals surface area contributed by atoms with Crippen LogP contribution in [0.3, 0.4) is 0 Å². The van der Waals surface area contributed by atoms with Crippen LogP contribution in [0.1, 0.15) is 19.4 Å². The number of aryl methyl sites for hydroxylation is 1. The van der Waals surface area contributed by atoms with Crippen molar-refractivity contribution in [1.82, 2.24) is 9.55 Å². The van der Waals surface area contributed by atoms with Crippen LogP contribution < -0.4 is 11.2 Å². The van der Waals surface area contributed by atoms with E-state index in [-0.39, 0.29) is 19.9 Å². The maximum absolute atomic E-state index is 12.3. The molecule has 0 saturated carbocycles. The standard InChI is InChI=1S/C14H23N2O7P/c1-4-22-24(20,23-5-2)7-6-12(9-17)21-10-16-8-11(3)13(18)15-14(16)19/h6-8,12,17H,4-5,9-10H2,1-3H3,(H,15,18,19)/b7-6+. The van der Waals surface area contributed by atoms with E-state index in [1.165, 1.54) is 18.1 Å². The van der Waals surface area contributed by atoms with Gasteiger partial charge in [0.1, 0.15) is 12.8 Å². The fourth-order valence-electron chi connectivity index (χ4n) is 1.74. The molecule has 0 radical (unpaired) electrons. The van der Waals surface area contributed by atoms with Gasteiger partial charge in [-0.1, -0.05) is 0 Å². The third-order valence-electron chi connectivity index (χ3n) is 2.90. The van der Waals surface area contributed by atoms with Crippen molar-refractivity contribution in [1.29, 1.82) is 0 Å². The Labute approximate surface area is 139 Å². The summed E-state index contributed by atoms with van der Waals surface area (Å²) in [6, 6.07) is 0. The van der Waals surface area contributed by atoms with Crippen LogP contribution >= 0.6 is 7.60 Å². The molecule has 24 heavy (non-hydrogen) atoms. The van der Waals surface area contributed by atoms with Crippen LogP contribution in [0.25, 0.3) is 0 Å². The van der Waals surface area contributed by atoms with Crippen LogP contribution in [0, 0.1) is 6.92 Å². The Kier molecular flexibility index (Phi) is 8.30. The summed E-state index contributed by atoms with van der Waals surface area (Å²) in [5.74, 6) is 1.22. The fourth-order valence-corrected chi connectivity index (χ4v) is 3.11. The molecule has 0 amide bonds. The minimum Gasteiger partial charge on any atom is -0.393 e. The van der Waals surface area contributed by atoms with Gasteiger partial charge in [0.05, 0.1) is 19.8 Å². The monoisotopic (exact) mass is 362 g/mol. The predicted molar refractivity (Wildman–Crippen MR) is 88.0 cm³/mol. The highest BCUT2D eigenvalue weighted by Crippen LogP contribution is 2.49. The summed E-state index contributed by atoms with van der Waals surface area (Å²) < 4.78 is 29.0. The van der Waals surface area contributed by atoms with Gasteiger partial charge in [-0.05, 0) is 26.8 Å². The van der Waals surface area contributed by atoms with E-state index >= 15 is 0 Å². The molecule has 0 aromatic carbocycles. The number of aromatic nitrogens is 2. The summed E-state index contributed by atoms with van der Waals surface area (Å²) in [6.07, 6.45) is 1.89. The molecule has 0 bridgehead atoms. The number of aliphatic hydroxyl groups is 1. The average Bonchev–Trinajstić information content (AvgIpc) is 2.52. The Hall–Kier alpha value is -1.51. The summed E-state index contributed by atoms with van der Waals surface area (Å²) >= 11 is 0. The van der Waals surface area contributed by atoms with Gasteiger partial charge in [-0.25, -0.2) is 4.79 Å². The highest BCUT2D eigenvalue weighted by Gasteiger charge is 2.20. The predicted octanol–water partition coefficient (Wildman–Crippen LogP) is 0.960. The summed E-state index contributed by atoms with van der Waals surface area (Å²) in [4.78, 5) is 25.1. The number of rotatable bonds is 10. The lowest BCUT2D eigenvalue weighted by molar-refractivity contribution is 0.00110. The van der Waals surface area contributed by atoms with Crippen molar-refractivity contribution in [2.24, 2.45) is 0 Å². The van der Waals surface area contributed by atoms with Crippen molar-refractivity contribution >= 4 is 7.60 Å². The third-order valence-corrected chi connectivity index (χ3v) is 4.67. The lowest BCUT2D eigenvalue weighted by Gasteiger charge is -2.15. The van der Waals surface area contributed by atoms with Crippen LogP contribution in [0.4, 0.5) is 0 Å². The molecule has 1 aromatic rings. The lowest BCUT2D eigenvalue weighted by atomic mass is 10.4. The van der Waals surface area contributed by atoms with Gasteiger partial charge in [0.25, 0.3) is 5.56 Å². The van der Waals surface area contributed by atoms with Gasteiger partial charge in [0, 0.05) is 17.6 Å². The van der Waals surface area contributed by atoms with Crippen LogP contribution in [0.15, 0.2) is 27.7 Å². The Morgan fingerprint density at radius 3 is 2.50 bits per heavy atom. The van der Waals surface area contributed by atoms with Gasteiger partial charge in [0.15, 0.2) is 0 Å². The van der Waals surface area contributed by atoms with E-state index in [4.69, 9.17) is 13.8 Å². The fraction of sp³-hybridized carbons (Fsp3) is 0.571. The van der Waals surface area contributed by atoms with Crippen molar-refractivity contribution in [2.75, 3.05) is 19.8 Å². The molecule has 0 aliphatic heterocycles. The first kappa shape index (κ1) is 20.5. The highest BCUT2D eigenvalue weighted by molar-refractivity contribution is 7.57. The molecule has 1 heterocycles. The van der Waals surface area contributed by atoms with Gasteiger partial charge >= 0.3 is 13.3 Å². The van der Waals surface area contributed by atoms with Crippen molar-refractivity contribution in [3.05, 3.63) is 44.5 Å². The molecule has 1 aromatic heterocycles. The zero-order valence-electron chi connectivity index (χ0n) is 13.9. The van der Waals surface area contributed by atoms with E-state index < -0.39 is 31.6 Å². The van der Waals surface area contributed by atoms with Gasteiger partial charge in [0.2, 0.25) is 0 Å². The van der Waals surface area contributed by atoms with Crippen LogP contribution in [-0.4, -0.2) is 40.6 Å². The molecule has 1 rings (SSSR count). The second-order valence-electron chi connectivity index (χ2n) is 4.77. The number of ether oxygens (including phenoxy) is 1. The number of nitrogens with one attached hydrogen (secondary N) is 1. The molecule has 10 heteroatoms. The molecule has 1 unspecified atom stereocenters. The summed E-state index contributed by atoms with van der Waals surface area (Å²) in [5, 5.41) is 9.34. The van der Waals surface area contributed by atoms with Crippen molar-refractivity contribution < 1.29 is 23.5 Å². The maximum Gasteiger partial charge on any atom is 0.353 e. The average molecular weight is 362 g/mol. The van der Waals surface area contributed by atoms with E-state index in [2.05, 4.69) is 4.98 Å². The highest BCUT2D eigenvalue weighted by atomic mass is 31.2. The number of aromatic amines is 1. The first-order valence-corrected chi connectivity index (χ1v) is 9.07. The Morgan fingerprint density at radius 2 is 1.96 bits per heavy atom. The van der Waals surface area contributed by atoms with E-state index in [1.807, 2.05) is 0 Å². The number of aliphatic hydroxyl groups excluding tert-OH is 1. The molecule has 0 fully saturated rings. The Balaban J connectivity index is 2.79. The number of nitrogens with zero attached hydrogens (tertiary/aromatic N) is 1. The van der Waals surface area contributed by atoms with E-state index in [1.54, 1.807) is 20.8 Å². The first-order valence-electron chi connectivity index (χ1n) is 7.46. The smallest absolute Gasteiger partial charge is 0.353 e. The molecule has 9 nitrogen and oxygen atoms in total. The second kappa shape index (κ2) is 9.71. The van der Waals surface area contributed by atoms with Crippen LogP contribution in [0.2, 0.25) is 0 Å². The van der Waals surface area contributed by atoms with Gasteiger partial charge in [-0.3, -0.25) is 18.9 Å². The number of hydrogen-bond acceptors (Lipinski definition) is 7. The SMILES string of the molecule is CCOP(=O)(/C=C/C(CO)OCn1cc(C)c(=O)[nH]c1=O)OCC. The van der Waals surface area contributed by atoms with Gasteiger partial charge < -0.3 is 18.9 Å². The zero-order valence-corrected chi connectivity index (χ0v) is 14.8. The third kappa shape index (κ3) is 6.18. The summed E-state index contributed by atoms with van der Waals surface area (Å²) in [5.41, 5.74) is -0.740. The molecule has 0 aliphatic rings. The molecule has 0 spiro atoms. The molecule has 2 N–H and O–H groups in total. The van der Waals surface area contributed by atoms with Crippen molar-refractivity contribution in [3.63, 3.8) is 0 Å². The van der Waals surface area contributed by atoms with E-state index in [0.717, 1.165) is 4.57 Å². The van der Waals surface area contributed by atoms with Crippen LogP contribution in [0.5, 0.6) is 0 Å². The Bertz CT molecular complexity index is 700. The van der Waals surface area contributed by atoms with Crippen LogP contribution in [-0.2, 0) is 25.1 Å². The summed E-state index contributed by atoms with van der Waals surface area (Å²) in [7, 11) is -3.39. The second-order valence-corrected chi connectivity index (χ2v) is 6.67. The quantitative estimate of drug-likeness (QED) is 0.595. The van der Waals surface area contributed by atoms with Crippen molar-refractivity contribution in [2.45, 2.75) is 33.6 Å². The minimum atomic E-state index is -3.39. The molecule has 0 aliphatic carbocycles. The molecule has 1 atom stereocenters. The molecular formula is C14H23N2O7P. The molecular weight excluding hydrogens is 339 g/mol. The number of H-pyrrole nitrogens is 1. The van der Waals surface area contributed by atoms with Crippen molar-refractivity contribution in [3.8, 4) is 0 Å². The van der Waals surface area contributed by atoms with Gasteiger partial charge in [-0.2, -0.15) is 0 Å². The Morgan fingerprint density at radius 1 is 1.33 bits per heavy atom. The minimum absolute atomic E-state index is 0.195. The van der Waals surface area contributed by atoms with Gasteiger partial charge in [-0.15, -0.1) is 0 Å². The van der Waals surface area contributed by atoms with E-state index in [0.29, 0.717) is 5.56 Å². The summed E-state index contributed by atoms with van der Waals surface area (Å²) in [6.45, 7) is 4.75. The largest absolute Gasteiger partial charge is 0.393 e.